The smallest absolute Gasteiger partial charge is 0.159 e. The van der Waals surface area contributed by atoms with E-state index >= 15 is 0 Å². The summed E-state index contributed by atoms with van der Waals surface area (Å²) in [4.78, 5) is 25.5. The summed E-state index contributed by atoms with van der Waals surface area (Å²) in [6.07, 6.45) is 10.2. The summed E-state index contributed by atoms with van der Waals surface area (Å²) in [7, 11) is 0. The molecule has 0 amide bonds. The molecule has 0 radical (unpaired) electrons. The number of aromatic amines is 2. The van der Waals surface area contributed by atoms with Crippen LogP contribution in [0.25, 0.3) is 44.8 Å². The van der Waals surface area contributed by atoms with Gasteiger partial charge in [0.15, 0.2) is 5.82 Å². The fourth-order valence-corrected chi connectivity index (χ4v) is 5.29. The van der Waals surface area contributed by atoms with Gasteiger partial charge in [0.2, 0.25) is 0 Å². The van der Waals surface area contributed by atoms with Crippen molar-refractivity contribution < 1.29 is 0 Å². The van der Waals surface area contributed by atoms with Crippen molar-refractivity contribution in [2.45, 2.75) is 37.8 Å². The highest BCUT2D eigenvalue weighted by atomic mass is 35.5. The molecule has 2 aromatic carbocycles. The normalized spacial score (nSPS) is 19.4. The van der Waals surface area contributed by atoms with Gasteiger partial charge in [-0.15, -0.1) is 12.4 Å². The van der Waals surface area contributed by atoms with Crippen LogP contribution in [0, 0.1) is 0 Å². The molecule has 7 rings (SSSR count). The maximum Gasteiger partial charge on any atom is 0.159 e. The standard InChI is InChI=1S/C28H28N8.ClH/c1-3-22(29-11-1)27-33-16-25(36-27)20-14-31-26(32-15-20)18-7-5-17(6-8-18)19-9-10-21-24(13-19)35-28(34-21)23-4-2-12-30-23;/h5-10,13-16,22-23,29-30H,1-4,11-12H2,(H,33,36)(H,34,35);1H/t22-,23-;/m0./s1. The largest absolute Gasteiger partial charge is 0.341 e. The second-order valence-corrected chi connectivity index (χ2v) is 9.71. The van der Waals surface area contributed by atoms with Crippen molar-refractivity contribution in [3.8, 4) is 33.8 Å². The predicted molar refractivity (Wildman–Crippen MR) is 147 cm³/mol. The van der Waals surface area contributed by atoms with E-state index in [-0.39, 0.29) is 12.4 Å². The zero-order valence-electron chi connectivity index (χ0n) is 20.4. The van der Waals surface area contributed by atoms with Crippen LogP contribution in [0.15, 0.2) is 61.1 Å². The number of nitrogens with one attached hydrogen (secondary N) is 4. The van der Waals surface area contributed by atoms with Gasteiger partial charge in [-0.05, 0) is 62.0 Å². The Morgan fingerprint density at radius 3 is 2.03 bits per heavy atom. The minimum absolute atomic E-state index is 0. The topological polar surface area (TPSA) is 107 Å². The fraction of sp³-hybridized carbons (Fsp3) is 0.286. The Hall–Kier alpha value is -3.59. The van der Waals surface area contributed by atoms with Crippen LogP contribution in [0.3, 0.4) is 0 Å². The van der Waals surface area contributed by atoms with Gasteiger partial charge in [-0.3, -0.25) is 0 Å². The number of aromatic nitrogens is 6. The van der Waals surface area contributed by atoms with Gasteiger partial charge in [-0.1, -0.05) is 30.3 Å². The zero-order chi connectivity index (χ0) is 23.9. The Balaban J connectivity index is 0.00000252. The Morgan fingerprint density at radius 2 is 1.32 bits per heavy atom. The van der Waals surface area contributed by atoms with Gasteiger partial charge in [0, 0.05) is 23.5 Å². The first-order chi connectivity index (χ1) is 17.8. The Labute approximate surface area is 221 Å². The molecule has 0 spiro atoms. The fourth-order valence-electron chi connectivity index (χ4n) is 5.29. The van der Waals surface area contributed by atoms with E-state index in [1.165, 1.54) is 12.8 Å². The average molecular weight is 513 g/mol. The van der Waals surface area contributed by atoms with Gasteiger partial charge in [0.1, 0.15) is 11.6 Å². The lowest BCUT2D eigenvalue weighted by Crippen LogP contribution is -2.14. The number of hydrogen-bond donors (Lipinski definition) is 4. The van der Waals surface area contributed by atoms with E-state index in [0.29, 0.717) is 17.9 Å². The minimum atomic E-state index is 0. The highest BCUT2D eigenvalue weighted by Crippen LogP contribution is 2.29. The highest BCUT2D eigenvalue weighted by Gasteiger charge is 2.20. The van der Waals surface area contributed by atoms with Gasteiger partial charge in [0.05, 0.1) is 35.0 Å². The van der Waals surface area contributed by atoms with Crippen molar-refractivity contribution in [3.05, 3.63) is 72.7 Å². The number of imidazole rings is 2. The predicted octanol–water partition coefficient (Wildman–Crippen LogP) is 5.35. The molecule has 0 saturated carbocycles. The molecule has 0 bridgehead atoms. The first-order valence-electron chi connectivity index (χ1n) is 12.7. The molecule has 2 atom stereocenters. The average Bonchev–Trinajstić information content (AvgIpc) is 3.75. The Morgan fingerprint density at radius 1 is 0.649 bits per heavy atom. The summed E-state index contributed by atoms with van der Waals surface area (Å²) in [5.74, 6) is 2.73. The van der Waals surface area contributed by atoms with Crippen molar-refractivity contribution in [1.82, 2.24) is 40.5 Å². The molecule has 5 aromatic rings. The van der Waals surface area contributed by atoms with E-state index in [4.69, 9.17) is 4.98 Å². The molecule has 0 aliphatic carbocycles. The van der Waals surface area contributed by atoms with Crippen molar-refractivity contribution in [1.29, 1.82) is 0 Å². The van der Waals surface area contributed by atoms with E-state index in [9.17, 15) is 0 Å². The molecule has 188 valence electrons. The molecule has 8 nitrogen and oxygen atoms in total. The maximum atomic E-state index is 4.85. The van der Waals surface area contributed by atoms with Crippen LogP contribution >= 0.6 is 12.4 Å². The number of fused-ring (bicyclic) bond motifs is 1. The number of rotatable bonds is 5. The van der Waals surface area contributed by atoms with Crippen LogP contribution in [0.4, 0.5) is 0 Å². The lowest BCUT2D eigenvalue weighted by atomic mass is 10.0. The van der Waals surface area contributed by atoms with Crippen molar-refractivity contribution >= 4 is 23.4 Å². The van der Waals surface area contributed by atoms with E-state index in [0.717, 1.165) is 76.6 Å². The summed E-state index contributed by atoms with van der Waals surface area (Å²) in [6.45, 7) is 2.11. The quantitative estimate of drug-likeness (QED) is 0.253. The second kappa shape index (κ2) is 10.0. The number of H-pyrrole nitrogens is 2. The second-order valence-electron chi connectivity index (χ2n) is 9.71. The molecule has 2 saturated heterocycles. The van der Waals surface area contributed by atoms with E-state index in [1.807, 2.05) is 18.6 Å². The van der Waals surface area contributed by atoms with E-state index in [1.54, 1.807) is 0 Å². The third kappa shape index (κ3) is 4.64. The minimum Gasteiger partial charge on any atom is -0.341 e. The van der Waals surface area contributed by atoms with Crippen molar-refractivity contribution in [3.63, 3.8) is 0 Å². The van der Waals surface area contributed by atoms with E-state index < -0.39 is 0 Å². The van der Waals surface area contributed by atoms with Gasteiger partial charge >= 0.3 is 0 Å². The molecule has 2 fully saturated rings. The Kier molecular flexibility index (Phi) is 6.46. The third-order valence-electron chi connectivity index (χ3n) is 7.32. The monoisotopic (exact) mass is 512 g/mol. The highest BCUT2D eigenvalue weighted by molar-refractivity contribution is 5.85. The molecule has 4 N–H and O–H groups in total. The first kappa shape index (κ1) is 23.8. The summed E-state index contributed by atoms with van der Waals surface area (Å²) >= 11 is 0. The van der Waals surface area contributed by atoms with E-state index in [2.05, 4.69) is 78.0 Å². The van der Waals surface area contributed by atoms with Gasteiger partial charge in [0.25, 0.3) is 0 Å². The van der Waals surface area contributed by atoms with Crippen LogP contribution in [0.2, 0.25) is 0 Å². The SMILES string of the molecule is Cl.c1cc(-c2ncc(-c3cnc([C@@H]4CCCN4)[nH]3)cn2)ccc1-c1ccc2[nH]c([C@@H]3CCCN3)nc2c1. The van der Waals surface area contributed by atoms with Crippen LogP contribution in [0.1, 0.15) is 49.4 Å². The maximum absolute atomic E-state index is 4.85. The van der Waals surface area contributed by atoms with Gasteiger partial charge in [-0.25, -0.2) is 19.9 Å². The number of hydrogen-bond acceptors (Lipinski definition) is 6. The molecule has 0 unspecified atom stereocenters. The van der Waals surface area contributed by atoms with Crippen LogP contribution < -0.4 is 10.6 Å². The van der Waals surface area contributed by atoms with Gasteiger partial charge in [-0.2, -0.15) is 0 Å². The van der Waals surface area contributed by atoms with Crippen LogP contribution in [-0.4, -0.2) is 43.0 Å². The summed E-state index contributed by atoms with van der Waals surface area (Å²) < 4.78 is 0. The van der Waals surface area contributed by atoms with Crippen LogP contribution in [-0.2, 0) is 0 Å². The third-order valence-corrected chi connectivity index (χ3v) is 7.32. The lowest BCUT2D eigenvalue weighted by molar-refractivity contribution is 0.613. The molecule has 2 aliphatic rings. The molecule has 5 heterocycles. The number of benzene rings is 2. The molecule has 2 aliphatic heterocycles. The summed E-state index contributed by atoms with van der Waals surface area (Å²) in [6, 6.07) is 15.5. The molecule has 3 aromatic heterocycles. The molecule has 9 heteroatoms. The van der Waals surface area contributed by atoms with Crippen molar-refractivity contribution in [2.75, 3.05) is 13.1 Å². The van der Waals surface area contributed by atoms with Gasteiger partial charge < -0.3 is 20.6 Å². The summed E-state index contributed by atoms with van der Waals surface area (Å²) in [5.41, 5.74) is 7.25. The number of halogens is 1. The zero-order valence-corrected chi connectivity index (χ0v) is 21.2. The number of nitrogens with zero attached hydrogens (tertiary/aromatic N) is 4. The van der Waals surface area contributed by atoms with Crippen molar-refractivity contribution in [2.24, 2.45) is 0 Å². The van der Waals surface area contributed by atoms with Crippen LogP contribution in [0.5, 0.6) is 0 Å². The molecular formula is C28H29ClN8. The lowest BCUT2D eigenvalue weighted by Gasteiger charge is -2.06. The molecule has 37 heavy (non-hydrogen) atoms. The summed E-state index contributed by atoms with van der Waals surface area (Å²) in [5, 5.41) is 6.99. The molecular weight excluding hydrogens is 484 g/mol. The first-order valence-corrected chi connectivity index (χ1v) is 12.7. The Bertz CT molecular complexity index is 1490.